The van der Waals surface area contributed by atoms with E-state index in [9.17, 15) is 0 Å². The molecule has 1 aliphatic rings. The average molecular weight is 208 g/mol. The van der Waals surface area contributed by atoms with Crippen LogP contribution >= 0.6 is 0 Å². The van der Waals surface area contributed by atoms with Crippen molar-refractivity contribution in [1.29, 1.82) is 0 Å². The second-order valence-corrected chi connectivity index (χ2v) is 4.30. The van der Waals surface area contributed by atoms with Gasteiger partial charge in [0.1, 0.15) is 5.82 Å². The SMILES string of the molecule is Cc1cc(NCCCNC2CC2)n(C)n1. The van der Waals surface area contributed by atoms with E-state index in [4.69, 9.17) is 0 Å². The third-order valence-corrected chi connectivity index (χ3v) is 2.67. The standard InChI is InChI=1S/C11H20N4/c1-9-8-11(15(2)14-9)13-7-3-6-12-10-4-5-10/h8,10,12-13H,3-7H2,1-2H3. The van der Waals surface area contributed by atoms with Crippen LogP contribution in [0.3, 0.4) is 0 Å². The monoisotopic (exact) mass is 208 g/mol. The molecule has 15 heavy (non-hydrogen) atoms. The molecule has 1 heterocycles. The first-order valence-corrected chi connectivity index (χ1v) is 5.73. The lowest BCUT2D eigenvalue weighted by Gasteiger charge is -2.06. The van der Waals surface area contributed by atoms with E-state index in [1.165, 1.54) is 19.3 Å². The quantitative estimate of drug-likeness (QED) is 0.692. The fourth-order valence-electron chi connectivity index (χ4n) is 1.67. The van der Waals surface area contributed by atoms with Crippen molar-refractivity contribution < 1.29 is 0 Å². The lowest BCUT2D eigenvalue weighted by atomic mass is 10.4. The number of nitrogens with zero attached hydrogens (tertiary/aromatic N) is 2. The summed E-state index contributed by atoms with van der Waals surface area (Å²) in [6, 6.07) is 2.90. The van der Waals surface area contributed by atoms with Gasteiger partial charge in [-0.3, -0.25) is 4.68 Å². The molecule has 1 aromatic heterocycles. The predicted molar refractivity (Wildman–Crippen MR) is 62.1 cm³/mol. The smallest absolute Gasteiger partial charge is 0.124 e. The van der Waals surface area contributed by atoms with E-state index < -0.39 is 0 Å². The highest BCUT2D eigenvalue weighted by atomic mass is 15.3. The summed E-state index contributed by atoms with van der Waals surface area (Å²) in [5.41, 5.74) is 1.07. The lowest BCUT2D eigenvalue weighted by Crippen LogP contribution is -2.20. The summed E-state index contributed by atoms with van der Waals surface area (Å²) in [4.78, 5) is 0. The molecule has 1 aromatic rings. The van der Waals surface area contributed by atoms with Crippen molar-refractivity contribution in [2.45, 2.75) is 32.2 Å². The first-order valence-electron chi connectivity index (χ1n) is 5.73. The highest BCUT2D eigenvalue weighted by Gasteiger charge is 2.19. The van der Waals surface area contributed by atoms with Gasteiger partial charge in [-0.15, -0.1) is 0 Å². The van der Waals surface area contributed by atoms with Crippen molar-refractivity contribution in [2.24, 2.45) is 7.05 Å². The van der Waals surface area contributed by atoms with Crippen molar-refractivity contribution in [3.8, 4) is 0 Å². The Morgan fingerprint density at radius 3 is 2.87 bits per heavy atom. The molecule has 2 rings (SSSR count). The zero-order chi connectivity index (χ0) is 10.7. The number of hydrogen-bond acceptors (Lipinski definition) is 3. The number of aromatic nitrogens is 2. The van der Waals surface area contributed by atoms with Crippen LogP contribution in [0.15, 0.2) is 6.07 Å². The molecule has 0 spiro atoms. The molecule has 0 saturated heterocycles. The van der Waals surface area contributed by atoms with E-state index in [2.05, 4.69) is 21.8 Å². The van der Waals surface area contributed by atoms with Gasteiger partial charge in [-0.2, -0.15) is 5.10 Å². The van der Waals surface area contributed by atoms with Gasteiger partial charge in [0.2, 0.25) is 0 Å². The number of rotatable bonds is 6. The van der Waals surface area contributed by atoms with Gasteiger partial charge >= 0.3 is 0 Å². The van der Waals surface area contributed by atoms with Crippen LogP contribution < -0.4 is 10.6 Å². The van der Waals surface area contributed by atoms with Gasteiger partial charge < -0.3 is 10.6 Å². The van der Waals surface area contributed by atoms with Crippen molar-refractivity contribution in [1.82, 2.24) is 15.1 Å². The molecule has 84 valence electrons. The normalized spacial score (nSPS) is 15.6. The van der Waals surface area contributed by atoms with Gasteiger partial charge in [0.05, 0.1) is 5.69 Å². The number of anilines is 1. The van der Waals surface area contributed by atoms with Crippen LogP contribution in [0.1, 0.15) is 25.0 Å². The van der Waals surface area contributed by atoms with E-state index >= 15 is 0 Å². The second-order valence-electron chi connectivity index (χ2n) is 4.30. The van der Waals surface area contributed by atoms with E-state index in [1.54, 1.807) is 0 Å². The Bertz CT molecular complexity index is 314. The summed E-state index contributed by atoms with van der Waals surface area (Å²) in [5, 5.41) is 11.2. The van der Waals surface area contributed by atoms with Gasteiger partial charge in [0.25, 0.3) is 0 Å². The minimum atomic E-state index is 0.823. The first kappa shape index (κ1) is 10.5. The van der Waals surface area contributed by atoms with Crippen LogP contribution in [-0.4, -0.2) is 28.9 Å². The number of nitrogens with one attached hydrogen (secondary N) is 2. The lowest BCUT2D eigenvalue weighted by molar-refractivity contribution is 0.656. The van der Waals surface area contributed by atoms with Crippen LogP contribution in [0, 0.1) is 6.92 Å². The van der Waals surface area contributed by atoms with Gasteiger partial charge in [0, 0.05) is 25.7 Å². The maximum absolute atomic E-state index is 4.29. The highest BCUT2D eigenvalue weighted by Crippen LogP contribution is 2.18. The van der Waals surface area contributed by atoms with Gasteiger partial charge in [0.15, 0.2) is 0 Å². The molecule has 2 N–H and O–H groups in total. The summed E-state index contributed by atoms with van der Waals surface area (Å²) < 4.78 is 1.89. The Morgan fingerprint density at radius 1 is 1.47 bits per heavy atom. The molecule has 1 saturated carbocycles. The zero-order valence-electron chi connectivity index (χ0n) is 9.58. The summed E-state index contributed by atoms with van der Waals surface area (Å²) in [5.74, 6) is 1.11. The molecule has 1 aliphatic carbocycles. The fraction of sp³-hybridized carbons (Fsp3) is 0.727. The molecule has 0 unspecified atom stereocenters. The Balaban J connectivity index is 1.62. The van der Waals surface area contributed by atoms with Gasteiger partial charge in [-0.05, 0) is 32.7 Å². The molecule has 1 fully saturated rings. The van der Waals surface area contributed by atoms with E-state index in [1.807, 2.05) is 18.7 Å². The van der Waals surface area contributed by atoms with Crippen LogP contribution in [-0.2, 0) is 7.05 Å². The summed E-state index contributed by atoms with van der Waals surface area (Å²) in [7, 11) is 1.97. The predicted octanol–water partition coefficient (Wildman–Crippen LogP) is 1.28. The van der Waals surface area contributed by atoms with Crippen molar-refractivity contribution >= 4 is 5.82 Å². The average Bonchev–Trinajstić information content (AvgIpc) is 2.94. The van der Waals surface area contributed by atoms with Gasteiger partial charge in [-0.25, -0.2) is 0 Å². The third-order valence-electron chi connectivity index (χ3n) is 2.67. The third kappa shape index (κ3) is 3.23. The molecule has 0 radical (unpaired) electrons. The zero-order valence-corrected chi connectivity index (χ0v) is 9.58. The van der Waals surface area contributed by atoms with E-state index in [-0.39, 0.29) is 0 Å². The van der Waals surface area contributed by atoms with Crippen molar-refractivity contribution in [3.63, 3.8) is 0 Å². The topological polar surface area (TPSA) is 41.9 Å². The van der Waals surface area contributed by atoms with Gasteiger partial charge in [-0.1, -0.05) is 0 Å². The first-order chi connectivity index (χ1) is 7.25. The minimum absolute atomic E-state index is 0.823. The molecule has 0 aliphatic heterocycles. The van der Waals surface area contributed by atoms with E-state index in [0.29, 0.717) is 0 Å². The molecular formula is C11H20N4. The molecule has 0 bridgehead atoms. The maximum atomic E-state index is 4.29. The summed E-state index contributed by atoms with van der Waals surface area (Å²) in [6.07, 6.45) is 3.91. The Labute approximate surface area is 91.1 Å². The molecule has 4 heteroatoms. The molecule has 4 nitrogen and oxygen atoms in total. The number of aryl methyl sites for hydroxylation is 2. The molecular weight excluding hydrogens is 188 g/mol. The minimum Gasteiger partial charge on any atom is -0.370 e. The summed E-state index contributed by atoms with van der Waals surface area (Å²) in [6.45, 7) is 4.15. The van der Waals surface area contributed by atoms with Crippen LogP contribution in [0.4, 0.5) is 5.82 Å². The summed E-state index contributed by atoms with van der Waals surface area (Å²) >= 11 is 0. The van der Waals surface area contributed by atoms with Crippen LogP contribution in [0.2, 0.25) is 0 Å². The maximum Gasteiger partial charge on any atom is 0.124 e. The van der Waals surface area contributed by atoms with Crippen molar-refractivity contribution in [3.05, 3.63) is 11.8 Å². The van der Waals surface area contributed by atoms with Crippen LogP contribution in [0.25, 0.3) is 0 Å². The molecule has 0 aromatic carbocycles. The Kier molecular flexibility index (Phi) is 3.26. The molecule has 0 amide bonds. The second kappa shape index (κ2) is 4.66. The number of hydrogen-bond donors (Lipinski definition) is 2. The Morgan fingerprint density at radius 2 is 2.27 bits per heavy atom. The van der Waals surface area contributed by atoms with E-state index in [0.717, 1.165) is 30.6 Å². The van der Waals surface area contributed by atoms with Crippen LogP contribution in [0.5, 0.6) is 0 Å². The highest BCUT2D eigenvalue weighted by molar-refractivity contribution is 5.36. The molecule has 0 atom stereocenters. The largest absolute Gasteiger partial charge is 0.370 e. The van der Waals surface area contributed by atoms with Crippen molar-refractivity contribution in [2.75, 3.05) is 18.4 Å². The Hall–Kier alpha value is -1.03. The fourth-order valence-corrected chi connectivity index (χ4v) is 1.67.